The maximum absolute atomic E-state index is 13.7. The number of benzene rings is 3. The normalized spacial score (nSPS) is 23.0. The first-order valence-corrected chi connectivity index (χ1v) is 26.6. The minimum absolute atomic E-state index is 0.0781. The number of aromatic nitrogens is 5. The molecule has 11 rings (SSSR count). The van der Waals surface area contributed by atoms with Gasteiger partial charge in [0, 0.05) is 127 Å². The third kappa shape index (κ3) is 9.12. The zero-order valence-electron chi connectivity index (χ0n) is 43.3. The van der Waals surface area contributed by atoms with Gasteiger partial charge in [-0.3, -0.25) is 23.9 Å². The third-order valence-corrected chi connectivity index (χ3v) is 17.5. The van der Waals surface area contributed by atoms with Crippen molar-refractivity contribution in [2.24, 2.45) is 22.7 Å². The van der Waals surface area contributed by atoms with Gasteiger partial charge in [-0.1, -0.05) is 45.9 Å². The lowest BCUT2D eigenvalue weighted by Crippen LogP contribution is -2.74. The second-order valence-electron chi connectivity index (χ2n) is 22.5. The van der Waals surface area contributed by atoms with Crippen molar-refractivity contribution in [2.75, 3.05) is 44.9 Å². The number of amides is 2. The Morgan fingerprint density at radius 3 is 2.30 bits per heavy atom. The molecule has 14 nitrogen and oxygen atoms in total. The highest BCUT2D eigenvalue weighted by atomic mass is 16.5. The Morgan fingerprint density at radius 2 is 1.59 bits per heavy atom. The molecule has 73 heavy (non-hydrogen) atoms. The van der Waals surface area contributed by atoms with Crippen LogP contribution in [-0.2, 0) is 22.5 Å². The summed E-state index contributed by atoms with van der Waals surface area (Å²) in [6, 6.07) is 24.7. The van der Waals surface area contributed by atoms with Gasteiger partial charge in [0.15, 0.2) is 0 Å². The number of fused-ring (bicyclic) bond motifs is 2. The summed E-state index contributed by atoms with van der Waals surface area (Å²) < 4.78 is 22.0. The van der Waals surface area contributed by atoms with Gasteiger partial charge in [0.25, 0.3) is 5.91 Å². The van der Waals surface area contributed by atoms with Gasteiger partial charge in [0.05, 0.1) is 42.3 Å². The van der Waals surface area contributed by atoms with Crippen molar-refractivity contribution in [2.45, 2.75) is 123 Å². The molecule has 6 aromatic rings. The number of ether oxygens (including phenoxy) is 3. The van der Waals surface area contributed by atoms with E-state index in [-0.39, 0.29) is 34.8 Å². The minimum atomic E-state index is -0.335. The Hall–Kier alpha value is -6.72. The molecule has 3 aromatic heterocycles. The lowest BCUT2D eigenvalue weighted by molar-refractivity contribution is -0.164. The van der Waals surface area contributed by atoms with E-state index in [1.165, 1.54) is 37.1 Å². The molecule has 6 heterocycles. The van der Waals surface area contributed by atoms with Crippen LogP contribution in [0.2, 0.25) is 0 Å². The number of methoxy groups -OCH3 is 1. The maximum Gasteiger partial charge on any atom is 0.251 e. The molecule has 1 N–H and O–H groups in total. The van der Waals surface area contributed by atoms with E-state index in [0.717, 1.165) is 116 Å². The van der Waals surface area contributed by atoms with Gasteiger partial charge in [0.2, 0.25) is 5.91 Å². The molecule has 2 saturated heterocycles. The molecule has 0 bridgehead atoms. The van der Waals surface area contributed by atoms with Crippen molar-refractivity contribution in [1.82, 2.24) is 34.8 Å². The van der Waals surface area contributed by atoms with Crippen LogP contribution in [0, 0.1) is 34.0 Å². The molecule has 5 aliphatic rings. The highest BCUT2D eigenvalue weighted by Gasteiger charge is 2.64. The number of piperidine rings is 1. The monoisotopic (exact) mass is 984 g/mol. The van der Waals surface area contributed by atoms with Crippen molar-refractivity contribution in [3.05, 3.63) is 108 Å². The quantitative estimate of drug-likeness (QED) is 0.133. The molecule has 3 aliphatic heterocycles. The first-order chi connectivity index (χ1) is 35.3. The molecule has 0 spiro atoms. The smallest absolute Gasteiger partial charge is 0.251 e. The summed E-state index contributed by atoms with van der Waals surface area (Å²) in [6.45, 7) is 15.0. The summed E-state index contributed by atoms with van der Waals surface area (Å²) >= 11 is 0. The molecular formula is C59H69N9O5. The highest BCUT2D eigenvalue weighted by Crippen LogP contribution is 2.56. The fraction of sp³-hybridized carbons (Fsp3) is 0.492. The topological polar surface area (TPSA) is 153 Å². The van der Waals surface area contributed by atoms with E-state index in [2.05, 4.69) is 95.9 Å². The molecule has 2 aliphatic carbocycles. The van der Waals surface area contributed by atoms with Crippen LogP contribution in [0.4, 0.5) is 5.69 Å². The van der Waals surface area contributed by atoms with Crippen LogP contribution in [0.15, 0.2) is 85.3 Å². The number of rotatable bonds is 11. The van der Waals surface area contributed by atoms with Gasteiger partial charge in [-0.2, -0.15) is 15.5 Å². The number of hydrogen-bond donors (Lipinski definition) is 1. The fourth-order valence-corrected chi connectivity index (χ4v) is 13.6. The Bertz CT molecular complexity index is 3040. The predicted octanol–water partition coefficient (Wildman–Crippen LogP) is 10.4. The van der Waals surface area contributed by atoms with E-state index in [4.69, 9.17) is 29.4 Å². The first kappa shape index (κ1) is 48.5. The number of nitrogens with one attached hydrogen (secondary N) is 1. The summed E-state index contributed by atoms with van der Waals surface area (Å²) in [4.78, 5) is 35.7. The van der Waals surface area contributed by atoms with Gasteiger partial charge in [-0.15, -0.1) is 0 Å². The fourth-order valence-electron chi connectivity index (χ4n) is 13.6. The van der Waals surface area contributed by atoms with Gasteiger partial charge in [-0.25, -0.2) is 0 Å². The summed E-state index contributed by atoms with van der Waals surface area (Å²) in [5, 5.41) is 25.1. The van der Waals surface area contributed by atoms with E-state index >= 15 is 0 Å². The number of hydrogen-bond acceptors (Lipinski definition) is 10. The number of carbonyl (C=O) groups excluding carboxylic acids is 2. The minimum Gasteiger partial charge on any atom is -0.495 e. The second-order valence-corrected chi connectivity index (χ2v) is 22.5. The Morgan fingerprint density at radius 1 is 0.849 bits per heavy atom. The van der Waals surface area contributed by atoms with Crippen LogP contribution in [0.1, 0.15) is 125 Å². The standard InChI is InChI=1S/C59H69N9O5/c1-37(69)66-27-22-52-50(36-66)54(64-68(52)46-23-28-72-29-24-46)48-9-7-8-41-30-51(61-34-49(41)48)43-33-62-67(35-43)45-17-10-38(11-18-45)39-20-25-65(26-21-39)44-15-12-40(13-16-44)55(70)63-56-58(2,3)57(59(56,4)5)73-47-19-14-42(32-60)53(31-47)71-6/h7-9,12-16,19,30-31,33-35,38-39,45-46,56-57H,10-11,17-18,20-29,36H2,1-6H3,(H,63,70). The number of nitrogens with zero attached hydrogens (tertiary/aromatic N) is 8. The Kier molecular flexibility index (Phi) is 13.0. The Balaban J connectivity index is 0.677. The largest absolute Gasteiger partial charge is 0.495 e. The SMILES string of the molecule is COc1cc(OC2C(C)(C)C(NC(=O)c3ccc(N4CCC(C5CCC(n6cc(-c7cc8cccc(-c9nn(C%10CCOCC%10)c%10c9CN(C(C)=O)CC%10)c8cn7)cn6)CC5)CC4)cc3)C2(C)C)ccc1C#N. The van der Waals surface area contributed by atoms with E-state index in [1.807, 2.05) is 29.4 Å². The number of pyridine rings is 1. The maximum atomic E-state index is 13.7. The highest BCUT2D eigenvalue weighted by molar-refractivity contribution is 5.98. The van der Waals surface area contributed by atoms with E-state index in [1.54, 1.807) is 32.2 Å². The van der Waals surface area contributed by atoms with Crippen LogP contribution in [0.3, 0.4) is 0 Å². The molecule has 0 atom stereocenters. The van der Waals surface area contributed by atoms with Crippen molar-refractivity contribution in [3.8, 4) is 40.1 Å². The molecule has 14 heteroatoms. The van der Waals surface area contributed by atoms with Crippen molar-refractivity contribution in [3.63, 3.8) is 0 Å². The van der Waals surface area contributed by atoms with Gasteiger partial charge in [0.1, 0.15) is 23.7 Å². The molecule has 0 radical (unpaired) electrons. The lowest BCUT2D eigenvalue weighted by Gasteiger charge is -2.63. The summed E-state index contributed by atoms with van der Waals surface area (Å²) in [6.07, 6.45) is 15.8. The predicted molar refractivity (Wildman–Crippen MR) is 281 cm³/mol. The number of anilines is 1. The van der Waals surface area contributed by atoms with Crippen molar-refractivity contribution in [1.29, 1.82) is 5.26 Å². The van der Waals surface area contributed by atoms with Crippen LogP contribution in [-0.4, -0.2) is 93.4 Å². The molecule has 2 saturated carbocycles. The molecule has 380 valence electrons. The van der Waals surface area contributed by atoms with Gasteiger partial charge in [-0.05, 0) is 111 Å². The van der Waals surface area contributed by atoms with Crippen molar-refractivity contribution >= 4 is 28.3 Å². The zero-order chi connectivity index (χ0) is 50.6. The molecule has 2 amide bonds. The third-order valence-electron chi connectivity index (χ3n) is 17.5. The number of nitriles is 1. The van der Waals surface area contributed by atoms with Crippen LogP contribution in [0.25, 0.3) is 33.3 Å². The molecular weight excluding hydrogens is 915 g/mol. The van der Waals surface area contributed by atoms with Crippen LogP contribution < -0.4 is 19.7 Å². The zero-order valence-corrected chi connectivity index (χ0v) is 43.3. The second kappa shape index (κ2) is 19.6. The Labute approximate surface area is 429 Å². The molecule has 0 unspecified atom stereocenters. The average Bonchev–Trinajstić information content (AvgIpc) is 4.08. The van der Waals surface area contributed by atoms with Crippen LogP contribution in [0.5, 0.6) is 11.5 Å². The average molecular weight is 984 g/mol. The molecule has 3 aromatic carbocycles. The van der Waals surface area contributed by atoms with E-state index < -0.39 is 0 Å². The van der Waals surface area contributed by atoms with Crippen LogP contribution >= 0.6 is 0 Å². The number of carbonyl (C=O) groups is 2. The first-order valence-electron chi connectivity index (χ1n) is 26.6. The summed E-state index contributed by atoms with van der Waals surface area (Å²) in [5.74, 6) is 2.59. The summed E-state index contributed by atoms with van der Waals surface area (Å²) in [7, 11) is 1.55. The van der Waals surface area contributed by atoms with E-state index in [0.29, 0.717) is 41.3 Å². The van der Waals surface area contributed by atoms with Gasteiger partial charge < -0.3 is 29.3 Å². The summed E-state index contributed by atoms with van der Waals surface area (Å²) in [5.41, 5.74) is 7.98. The van der Waals surface area contributed by atoms with Crippen molar-refractivity contribution < 1.29 is 23.8 Å². The van der Waals surface area contributed by atoms with Gasteiger partial charge >= 0.3 is 0 Å². The van der Waals surface area contributed by atoms with E-state index in [9.17, 15) is 14.9 Å². The molecule has 4 fully saturated rings. The lowest BCUT2D eigenvalue weighted by atomic mass is 9.49.